The smallest absolute Gasteiger partial charge is 0.354 e. The Hall–Kier alpha value is -2.96. The number of H-pyrrole nitrogens is 1. The van der Waals surface area contributed by atoms with Gasteiger partial charge in [0.05, 0.1) is 13.2 Å². The van der Waals surface area contributed by atoms with Crippen LogP contribution in [0.5, 0.6) is 0 Å². The second-order valence-electron chi connectivity index (χ2n) is 6.39. The molecule has 144 valence electrons. The molecule has 7 heteroatoms. The van der Waals surface area contributed by atoms with Crippen molar-refractivity contribution in [1.82, 2.24) is 14.9 Å². The van der Waals surface area contributed by atoms with Gasteiger partial charge in [0.1, 0.15) is 5.69 Å². The van der Waals surface area contributed by atoms with Crippen LogP contribution in [0.15, 0.2) is 24.5 Å². The summed E-state index contributed by atoms with van der Waals surface area (Å²) in [6.45, 7) is 7.22. The van der Waals surface area contributed by atoms with Crippen LogP contribution in [0.3, 0.4) is 0 Å². The highest BCUT2D eigenvalue weighted by molar-refractivity contribution is 6.06. The number of aromatic nitrogens is 2. The molecule has 1 amide bonds. The number of nitrogens with one attached hydrogen (secondary N) is 1. The van der Waals surface area contributed by atoms with Crippen LogP contribution in [0.1, 0.15) is 57.9 Å². The minimum atomic E-state index is -0.677. The number of pyridine rings is 1. The molecular weight excluding hydrogens is 346 g/mol. The molecule has 0 fully saturated rings. The lowest BCUT2D eigenvalue weighted by molar-refractivity contribution is -0.132. The molecule has 0 saturated carbocycles. The number of aromatic amines is 1. The topological polar surface area (TPSA) is 92.4 Å². The van der Waals surface area contributed by atoms with Gasteiger partial charge in [-0.3, -0.25) is 14.6 Å². The summed E-state index contributed by atoms with van der Waals surface area (Å²) in [5.41, 5.74) is 2.69. The van der Waals surface area contributed by atoms with Crippen LogP contribution >= 0.6 is 0 Å². The van der Waals surface area contributed by atoms with Gasteiger partial charge in [0.15, 0.2) is 5.78 Å². The number of carbonyl (C=O) groups excluding carboxylic acids is 3. The third kappa shape index (κ3) is 4.24. The highest BCUT2D eigenvalue weighted by atomic mass is 16.5. The van der Waals surface area contributed by atoms with Crippen molar-refractivity contribution < 1.29 is 19.1 Å². The van der Waals surface area contributed by atoms with Gasteiger partial charge in [0.2, 0.25) is 5.91 Å². The molecule has 0 saturated heterocycles. The average Bonchev–Trinajstić information content (AvgIpc) is 2.98. The molecule has 1 atom stereocenters. The highest BCUT2D eigenvalue weighted by Crippen LogP contribution is 2.23. The van der Waals surface area contributed by atoms with Gasteiger partial charge in [-0.1, -0.05) is 6.92 Å². The van der Waals surface area contributed by atoms with Crippen molar-refractivity contribution in [3.05, 3.63) is 52.6 Å². The number of Topliss-reactive ketones (excluding diaryl/α,β-unsaturated/α-hetero) is 1. The van der Waals surface area contributed by atoms with Crippen LogP contribution in [0.25, 0.3) is 0 Å². The number of nitrogens with zero attached hydrogens (tertiary/aromatic N) is 2. The predicted molar refractivity (Wildman–Crippen MR) is 100 cm³/mol. The number of ketones is 1. The van der Waals surface area contributed by atoms with Crippen molar-refractivity contribution in [1.29, 1.82) is 0 Å². The summed E-state index contributed by atoms with van der Waals surface area (Å²) in [6, 6.07) is 2.95. The fourth-order valence-corrected chi connectivity index (χ4v) is 3.11. The molecule has 1 N–H and O–H groups in total. The lowest BCUT2D eigenvalue weighted by Gasteiger charge is -2.28. The van der Waals surface area contributed by atoms with Gasteiger partial charge in [-0.05, 0) is 44.0 Å². The van der Waals surface area contributed by atoms with E-state index >= 15 is 0 Å². The van der Waals surface area contributed by atoms with Crippen LogP contribution < -0.4 is 0 Å². The van der Waals surface area contributed by atoms with Crippen LogP contribution in [0, 0.1) is 13.8 Å². The van der Waals surface area contributed by atoms with Crippen molar-refractivity contribution in [2.24, 2.45) is 0 Å². The number of hydrogen-bond acceptors (Lipinski definition) is 5. The first-order chi connectivity index (χ1) is 12.8. The molecule has 2 aromatic rings. The molecule has 2 aromatic heterocycles. The molecule has 0 aliphatic carbocycles. The van der Waals surface area contributed by atoms with E-state index < -0.39 is 12.0 Å². The zero-order valence-electron chi connectivity index (χ0n) is 16.3. The Morgan fingerprint density at radius 3 is 2.41 bits per heavy atom. The Morgan fingerprint density at radius 1 is 1.22 bits per heavy atom. The normalized spacial score (nSPS) is 11.7. The molecule has 0 aliphatic heterocycles. The van der Waals surface area contributed by atoms with Crippen molar-refractivity contribution in [3.63, 3.8) is 0 Å². The summed E-state index contributed by atoms with van der Waals surface area (Å²) in [5.74, 6) is -0.862. The number of carbonyl (C=O) groups is 3. The first-order valence-corrected chi connectivity index (χ1v) is 8.81. The zero-order valence-corrected chi connectivity index (χ0v) is 16.3. The second-order valence-corrected chi connectivity index (χ2v) is 6.39. The Labute approximate surface area is 158 Å². The minimum absolute atomic E-state index is 0.119. The molecule has 7 nitrogen and oxygen atoms in total. The van der Waals surface area contributed by atoms with Crippen LogP contribution in [0.2, 0.25) is 0 Å². The van der Waals surface area contributed by atoms with Gasteiger partial charge in [-0.25, -0.2) is 4.79 Å². The van der Waals surface area contributed by atoms with E-state index in [0.717, 1.165) is 5.56 Å². The quantitative estimate of drug-likeness (QED) is 0.597. The summed E-state index contributed by atoms with van der Waals surface area (Å²) in [6.07, 6.45) is 3.60. The fraction of sp³-hybridized carbons (Fsp3) is 0.400. The predicted octanol–water partition coefficient (Wildman–Crippen LogP) is 2.82. The van der Waals surface area contributed by atoms with E-state index in [9.17, 15) is 14.4 Å². The number of amides is 1. The largest absolute Gasteiger partial charge is 0.464 e. The molecule has 0 bridgehead atoms. The third-order valence-electron chi connectivity index (χ3n) is 4.65. The molecule has 0 aliphatic rings. The number of methoxy groups -OCH3 is 1. The van der Waals surface area contributed by atoms with E-state index in [0.29, 0.717) is 29.8 Å². The highest BCUT2D eigenvalue weighted by Gasteiger charge is 2.30. The molecule has 2 rings (SSSR count). The lowest BCUT2D eigenvalue weighted by Crippen LogP contribution is -2.42. The standard InChI is InChI=1S/C20H25N3O4/c1-6-16(24)23(11-15-7-9-21-10-8-15)14(4)19(25)17-12(2)18(20(26)27-5)22-13(17)3/h7-10,14,22H,6,11H2,1-5H3. The van der Waals surface area contributed by atoms with Crippen molar-refractivity contribution in [3.8, 4) is 0 Å². The molecule has 0 radical (unpaired) electrons. The summed E-state index contributed by atoms with van der Waals surface area (Å²) < 4.78 is 4.76. The monoisotopic (exact) mass is 371 g/mol. The maximum atomic E-state index is 13.2. The Balaban J connectivity index is 2.36. The zero-order chi connectivity index (χ0) is 20.1. The fourth-order valence-electron chi connectivity index (χ4n) is 3.11. The van der Waals surface area contributed by atoms with E-state index in [-0.39, 0.29) is 17.4 Å². The van der Waals surface area contributed by atoms with E-state index in [1.165, 1.54) is 7.11 Å². The lowest BCUT2D eigenvalue weighted by atomic mass is 9.99. The van der Waals surface area contributed by atoms with Gasteiger partial charge < -0.3 is 14.6 Å². The summed E-state index contributed by atoms with van der Waals surface area (Å²) >= 11 is 0. The Kier molecular flexibility index (Phi) is 6.50. The van der Waals surface area contributed by atoms with Crippen LogP contribution in [-0.4, -0.2) is 45.7 Å². The maximum Gasteiger partial charge on any atom is 0.354 e. The van der Waals surface area contributed by atoms with Crippen LogP contribution in [-0.2, 0) is 16.1 Å². The number of aryl methyl sites for hydroxylation is 1. The molecule has 0 aromatic carbocycles. The van der Waals surface area contributed by atoms with Gasteiger partial charge in [-0.2, -0.15) is 0 Å². The van der Waals surface area contributed by atoms with Crippen LogP contribution in [0.4, 0.5) is 0 Å². The first-order valence-electron chi connectivity index (χ1n) is 8.81. The summed E-state index contributed by atoms with van der Waals surface area (Å²) in [5, 5.41) is 0. The maximum absolute atomic E-state index is 13.2. The van der Waals surface area contributed by atoms with Crippen molar-refractivity contribution in [2.75, 3.05) is 7.11 Å². The first kappa shape index (κ1) is 20.4. The average molecular weight is 371 g/mol. The summed E-state index contributed by atoms with van der Waals surface area (Å²) in [7, 11) is 1.29. The number of hydrogen-bond donors (Lipinski definition) is 1. The van der Waals surface area contributed by atoms with Crippen molar-refractivity contribution >= 4 is 17.7 Å². The van der Waals surface area contributed by atoms with Gasteiger partial charge in [0.25, 0.3) is 0 Å². The van der Waals surface area contributed by atoms with E-state index in [2.05, 4.69) is 9.97 Å². The number of ether oxygens (including phenoxy) is 1. The molecule has 2 heterocycles. The Morgan fingerprint density at radius 2 is 1.85 bits per heavy atom. The number of esters is 1. The third-order valence-corrected chi connectivity index (χ3v) is 4.65. The number of rotatable bonds is 7. The van der Waals surface area contributed by atoms with E-state index in [4.69, 9.17) is 4.74 Å². The van der Waals surface area contributed by atoms with Crippen molar-refractivity contribution in [2.45, 2.75) is 46.7 Å². The molecule has 0 spiro atoms. The SMILES string of the molecule is CCC(=O)N(Cc1ccncc1)C(C)C(=O)c1c(C)[nH]c(C(=O)OC)c1C. The Bertz CT molecular complexity index is 842. The van der Waals surface area contributed by atoms with Gasteiger partial charge in [-0.15, -0.1) is 0 Å². The summed E-state index contributed by atoms with van der Waals surface area (Å²) in [4.78, 5) is 46.0. The van der Waals surface area contributed by atoms with Gasteiger partial charge in [0, 0.05) is 36.6 Å². The molecular formula is C20H25N3O4. The molecule has 27 heavy (non-hydrogen) atoms. The van der Waals surface area contributed by atoms with Gasteiger partial charge >= 0.3 is 5.97 Å². The van der Waals surface area contributed by atoms with E-state index in [1.807, 2.05) is 12.1 Å². The second kappa shape index (κ2) is 8.62. The van der Waals surface area contributed by atoms with E-state index in [1.54, 1.807) is 45.0 Å². The minimum Gasteiger partial charge on any atom is -0.464 e. The molecule has 1 unspecified atom stereocenters.